The normalized spacial score (nSPS) is 23.6. The van der Waals surface area contributed by atoms with Crippen LogP contribution in [-0.2, 0) is 0 Å². The van der Waals surface area contributed by atoms with Crippen LogP contribution in [-0.4, -0.2) is 31.1 Å². The fourth-order valence-electron chi connectivity index (χ4n) is 3.09. The minimum atomic E-state index is 0.367. The van der Waals surface area contributed by atoms with Gasteiger partial charge in [-0.05, 0) is 63.1 Å². The smallest absolute Gasteiger partial charge is 0.00499 e. The Hall–Kier alpha value is -0.0800. The summed E-state index contributed by atoms with van der Waals surface area (Å²) in [6.45, 7) is 11.6. The maximum Gasteiger partial charge on any atom is 0.00499 e. The van der Waals surface area contributed by atoms with Crippen molar-refractivity contribution in [2.45, 2.75) is 59.3 Å². The predicted octanol–water partition coefficient (Wildman–Crippen LogP) is 3.26. The van der Waals surface area contributed by atoms with Crippen molar-refractivity contribution in [3.05, 3.63) is 0 Å². The van der Waals surface area contributed by atoms with E-state index in [2.05, 4.69) is 25.7 Å². The molecule has 2 nitrogen and oxygen atoms in total. The lowest BCUT2D eigenvalue weighted by molar-refractivity contribution is 0.146. The van der Waals surface area contributed by atoms with Crippen LogP contribution in [0.2, 0.25) is 0 Å². The Kier molecular flexibility index (Phi) is 6.50. The van der Waals surface area contributed by atoms with Gasteiger partial charge in [-0.3, -0.25) is 0 Å². The van der Waals surface area contributed by atoms with Gasteiger partial charge >= 0.3 is 0 Å². The summed E-state index contributed by atoms with van der Waals surface area (Å²) < 4.78 is 0. The Morgan fingerprint density at radius 3 is 2.35 bits per heavy atom. The van der Waals surface area contributed by atoms with Gasteiger partial charge in [-0.25, -0.2) is 0 Å². The molecule has 1 aliphatic heterocycles. The molecule has 1 aliphatic rings. The highest BCUT2D eigenvalue weighted by molar-refractivity contribution is 4.83. The van der Waals surface area contributed by atoms with Crippen LogP contribution >= 0.6 is 0 Å². The Balaban J connectivity index is 2.50. The van der Waals surface area contributed by atoms with E-state index in [1.165, 1.54) is 58.2 Å². The average molecular weight is 240 g/mol. The van der Waals surface area contributed by atoms with Crippen molar-refractivity contribution in [3.8, 4) is 0 Å². The van der Waals surface area contributed by atoms with Crippen LogP contribution in [0.4, 0.5) is 0 Å². The third-order valence-electron chi connectivity index (χ3n) is 5.01. The minimum Gasteiger partial charge on any atom is -0.330 e. The predicted molar refractivity (Wildman–Crippen MR) is 76.1 cm³/mol. The molecule has 0 saturated carbocycles. The van der Waals surface area contributed by atoms with Gasteiger partial charge in [0.15, 0.2) is 0 Å². The molecular weight excluding hydrogens is 208 g/mol. The molecule has 0 bridgehead atoms. The van der Waals surface area contributed by atoms with Crippen LogP contribution in [0.3, 0.4) is 0 Å². The Morgan fingerprint density at radius 1 is 1.12 bits per heavy atom. The molecule has 2 heteroatoms. The molecule has 1 fully saturated rings. The van der Waals surface area contributed by atoms with Gasteiger partial charge in [0, 0.05) is 6.54 Å². The van der Waals surface area contributed by atoms with Gasteiger partial charge in [-0.15, -0.1) is 0 Å². The second kappa shape index (κ2) is 7.38. The van der Waals surface area contributed by atoms with E-state index in [4.69, 9.17) is 5.73 Å². The first-order valence-corrected chi connectivity index (χ1v) is 7.62. The molecular formula is C15H32N2. The average Bonchev–Trinajstić information content (AvgIpc) is 2.61. The molecule has 1 saturated heterocycles. The molecule has 0 aromatic heterocycles. The van der Waals surface area contributed by atoms with Gasteiger partial charge in [-0.1, -0.05) is 27.2 Å². The van der Waals surface area contributed by atoms with E-state index in [0.717, 1.165) is 12.5 Å². The van der Waals surface area contributed by atoms with Gasteiger partial charge in [-0.2, -0.15) is 0 Å². The van der Waals surface area contributed by atoms with Crippen molar-refractivity contribution in [1.82, 2.24) is 4.90 Å². The Labute approximate surface area is 108 Å². The highest BCUT2D eigenvalue weighted by Gasteiger charge is 2.28. The van der Waals surface area contributed by atoms with E-state index < -0.39 is 0 Å². The molecule has 1 rings (SSSR count). The van der Waals surface area contributed by atoms with Gasteiger partial charge in [0.05, 0.1) is 0 Å². The van der Waals surface area contributed by atoms with Crippen molar-refractivity contribution >= 4 is 0 Å². The highest BCUT2D eigenvalue weighted by atomic mass is 15.1. The zero-order valence-electron chi connectivity index (χ0n) is 12.2. The fraction of sp³-hybridized carbons (Fsp3) is 1.00. The number of hydrogen-bond donors (Lipinski definition) is 1. The zero-order chi connectivity index (χ0) is 12.7. The molecule has 0 aliphatic carbocycles. The summed E-state index contributed by atoms with van der Waals surface area (Å²) in [6.07, 6.45) is 8.00. The van der Waals surface area contributed by atoms with Gasteiger partial charge in [0.25, 0.3) is 0 Å². The zero-order valence-corrected chi connectivity index (χ0v) is 12.2. The van der Waals surface area contributed by atoms with Crippen molar-refractivity contribution in [3.63, 3.8) is 0 Å². The van der Waals surface area contributed by atoms with Crippen molar-refractivity contribution < 1.29 is 0 Å². The third-order valence-corrected chi connectivity index (χ3v) is 5.01. The molecule has 0 spiro atoms. The maximum atomic E-state index is 6.01. The minimum absolute atomic E-state index is 0.367. The van der Waals surface area contributed by atoms with E-state index in [1.807, 2.05) is 0 Å². The van der Waals surface area contributed by atoms with Crippen LogP contribution in [0.25, 0.3) is 0 Å². The van der Waals surface area contributed by atoms with E-state index >= 15 is 0 Å². The molecule has 0 amide bonds. The number of hydrogen-bond acceptors (Lipinski definition) is 2. The lowest BCUT2D eigenvalue weighted by Gasteiger charge is -2.36. The van der Waals surface area contributed by atoms with Crippen molar-refractivity contribution in [2.24, 2.45) is 17.1 Å². The molecule has 0 aromatic carbocycles. The molecule has 1 heterocycles. The maximum absolute atomic E-state index is 6.01. The van der Waals surface area contributed by atoms with Gasteiger partial charge in [0.2, 0.25) is 0 Å². The third kappa shape index (κ3) is 4.26. The molecule has 1 unspecified atom stereocenters. The Morgan fingerprint density at radius 2 is 1.82 bits per heavy atom. The number of rotatable bonds is 6. The van der Waals surface area contributed by atoms with Crippen molar-refractivity contribution in [2.75, 3.05) is 26.2 Å². The van der Waals surface area contributed by atoms with Gasteiger partial charge < -0.3 is 10.6 Å². The van der Waals surface area contributed by atoms with Gasteiger partial charge in [0.1, 0.15) is 0 Å². The summed E-state index contributed by atoms with van der Waals surface area (Å²) in [4.78, 5) is 2.68. The molecule has 0 aromatic rings. The van der Waals surface area contributed by atoms with Crippen LogP contribution in [0.15, 0.2) is 0 Å². The highest BCUT2D eigenvalue weighted by Crippen LogP contribution is 2.28. The van der Waals surface area contributed by atoms with Crippen LogP contribution < -0.4 is 5.73 Å². The SMILES string of the molecule is CCC1CCCN(CC(CC)(CC)CN)CC1. The molecule has 102 valence electrons. The fourth-order valence-corrected chi connectivity index (χ4v) is 3.09. The Bertz CT molecular complexity index is 191. The summed E-state index contributed by atoms with van der Waals surface area (Å²) in [5.41, 5.74) is 6.38. The number of nitrogens with two attached hydrogens (primary N) is 1. The largest absolute Gasteiger partial charge is 0.330 e. The van der Waals surface area contributed by atoms with Crippen LogP contribution in [0.1, 0.15) is 59.3 Å². The quantitative estimate of drug-likeness (QED) is 0.772. The topological polar surface area (TPSA) is 29.3 Å². The number of nitrogens with zero attached hydrogens (tertiary/aromatic N) is 1. The summed E-state index contributed by atoms with van der Waals surface area (Å²) in [7, 11) is 0. The lowest BCUT2D eigenvalue weighted by atomic mass is 9.82. The van der Waals surface area contributed by atoms with E-state index in [1.54, 1.807) is 0 Å². The number of likely N-dealkylation sites (tertiary alicyclic amines) is 1. The first kappa shape index (κ1) is 15.0. The first-order chi connectivity index (χ1) is 8.19. The first-order valence-electron chi connectivity index (χ1n) is 7.62. The van der Waals surface area contributed by atoms with E-state index in [0.29, 0.717) is 5.41 Å². The van der Waals surface area contributed by atoms with Crippen LogP contribution in [0, 0.1) is 11.3 Å². The monoisotopic (exact) mass is 240 g/mol. The van der Waals surface area contributed by atoms with E-state index in [-0.39, 0.29) is 0 Å². The summed E-state index contributed by atoms with van der Waals surface area (Å²) in [5, 5.41) is 0. The summed E-state index contributed by atoms with van der Waals surface area (Å²) in [6, 6.07) is 0. The molecule has 17 heavy (non-hydrogen) atoms. The standard InChI is InChI=1S/C15H32N2/c1-4-14-8-7-10-17(11-9-14)13-15(5-2,6-3)12-16/h14H,4-13,16H2,1-3H3. The summed E-state index contributed by atoms with van der Waals surface area (Å²) >= 11 is 0. The summed E-state index contributed by atoms with van der Waals surface area (Å²) in [5.74, 6) is 0.968. The lowest BCUT2D eigenvalue weighted by Crippen LogP contribution is -2.42. The van der Waals surface area contributed by atoms with Crippen molar-refractivity contribution in [1.29, 1.82) is 0 Å². The second-order valence-electron chi connectivity index (χ2n) is 5.89. The van der Waals surface area contributed by atoms with Crippen LogP contribution in [0.5, 0.6) is 0 Å². The van der Waals surface area contributed by atoms with E-state index in [9.17, 15) is 0 Å². The second-order valence-corrected chi connectivity index (χ2v) is 5.89. The molecule has 2 N–H and O–H groups in total. The molecule has 1 atom stereocenters. The molecule has 0 radical (unpaired) electrons.